The highest BCUT2D eigenvalue weighted by molar-refractivity contribution is 5.33. The lowest BCUT2D eigenvalue weighted by atomic mass is 9.68. The number of allylic oxidation sites excluding steroid dienone is 1. The maximum atomic E-state index is 14.8. The second-order valence-electron chi connectivity index (χ2n) is 9.95. The Labute approximate surface area is 188 Å². The fourth-order valence-electron chi connectivity index (χ4n) is 5.89. The van der Waals surface area contributed by atoms with Gasteiger partial charge in [0.05, 0.1) is 6.61 Å². The van der Waals surface area contributed by atoms with E-state index < -0.39 is 11.6 Å². The smallest absolute Gasteiger partial charge is 0.200 e. The van der Waals surface area contributed by atoms with Crippen LogP contribution in [0.25, 0.3) is 0 Å². The molecule has 1 nitrogen and oxygen atoms in total. The van der Waals surface area contributed by atoms with Crippen molar-refractivity contribution >= 4 is 0 Å². The third-order valence-corrected chi connectivity index (χ3v) is 7.88. The van der Waals surface area contributed by atoms with Gasteiger partial charge in [-0.15, -0.1) is 6.58 Å². The monoisotopic (exact) mass is 432 g/mol. The van der Waals surface area contributed by atoms with Crippen LogP contribution in [0.2, 0.25) is 0 Å². The van der Waals surface area contributed by atoms with Crippen LogP contribution in [0.15, 0.2) is 24.8 Å². The molecule has 0 radical (unpaired) electrons. The number of benzene rings is 1. The van der Waals surface area contributed by atoms with E-state index in [1.54, 1.807) is 12.1 Å². The van der Waals surface area contributed by atoms with E-state index in [-0.39, 0.29) is 11.7 Å². The summed E-state index contributed by atoms with van der Waals surface area (Å²) in [7, 11) is 0. The molecular weight excluding hydrogens is 390 g/mol. The van der Waals surface area contributed by atoms with Gasteiger partial charge in [-0.2, -0.15) is 4.39 Å². The molecule has 1 aromatic rings. The van der Waals surface area contributed by atoms with Gasteiger partial charge in [0, 0.05) is 0 Å². The molecule has 0 spiro atoms. The van der Waals surface area contributed by atoms with E-state index >= 15 is 0 Å². The van der Waals surface area contributed by atoms with Gasteiger partial charge in [0.2, 0.25) is 5.82 Å². The topological polar surface area (TPSA) is 9.23 Å². The van der Waals surface area contributed by atoms with Crippen molar-refractivity contribution in [1.29, 1.82) is 0 Å². The zero-order chi connectivity index (χ0) is 22.1. The zero-order valence-corrected chi connectivity index (χ0v) is 19.5. The highest BCUT2D eigenvalue weighted by Crippen LogP contribution is 2.45. The SMILES string of the molecule is C=CCCC1CCC(C2CCC(c3ccc(OCCCCCC)c(F)c3F)CC2)CC1. The highest BCUT2D eigenvalue weighted by atomic mass is 19.2. The predicted molar refractivity (Wildman–Crippen MR) is 126 cm³/mol. The van der Waals surface area contributed by atoms with Crippen LogP contribution in [0.5, 0.6) is 5.75 Å². The van der Waals surface area contributed by atoms with Crippen LogP contribution in [-0.4, -0.2) is 6.61 Å². The number of halogens is 2. The molecule has 2 saturated carbocycles. The molecule has 0 saturated heterocycles. The van der Waals surface area contributed by atoms with Crippen molar-refractivity contribution in [2.75, 3.05) is 6.61 Å². The minimum absolute atomic E-state index is 0.0691. The average Bonchev–Trinajstić information content (AvgIpc) is 2.81. The lowest BCUT2D eigenvalue weighted by Gasteiger charge is -2.38. The molecule has 0 bridgehead atoms. The second-order valence-corrected chi connectivity index (χ2v) is 9.95. The number of rotatable bonds is 11. The quantitative estimate of drug-likeness (QED) is 0.250. The van der Waals surface area contributed by atoms with Gasteiger partial charge in [-0.1, -0.05) is 51.2 Å². The summed E-state index contributed by atoms with van der Waals surface area (Å²) in [5.41, 5.74) is 0.558. The van der Waals surface area contributed by atoms with E-state index in [2.05, 4.69) is 13.5 Å². The molecule has 0 heterocycles. The molecule has 0 unspecified atom stereocenters. The van der Waals surface area contributed by atoms with Crippen molar-refractivity contribution in [3.8, 4) is 5.75 Å². The lowest BCUT2D eigenvalue weighted by molar-refractivity contribution is 0.156. The van der Waals surface area contributed by atoms with Gasteiger partial charge in [-0.25, -0.2) is 4.39 Å². The summed E-state index contributed by atoms with van der Waals surface area (Å²) in [5, 5.41) is 0. The van der Waals surface area contributed by atoms with Gasteiger partial charge in [0.1, 0.15) is 0 Å². The summed E-state index contributed by atoms with van der Waals surface area (Å²) in [6, 6.07) is 3.42. The Bertz CT molecular complexity index is 670. The Hall–Kier alpha value is -1.38. The minimum Gasteiger partial charge on any atom is -0.490 e. The second kappa shape index (κ2) is 12.6. The first-order valence-corrected chi connectivity index (χ1v) is 12.9. The molecule has 2 fully saturated rings. The molecular formula is C28H42F2O. The molecule has 0 atom stereocenters. The average molecular weight is 433 g/mol. The number of hydrogen-bond donors (Lipinski definition) is 0. The van der Waals surface area contributed by atoms with E-state index in [1.165, 1.54) is 32.1 Å². The van der Waals surface area contributed by atoms with Crippen LogP contribution in [0.4, 0.5) is 8.78 Å². The Balaban J connectivity index is 1.47. The van der Waals surface area contributed by atoms with Crippen molar-refractivity contribution < 1.29 is 13.5 Å². The van der Waals surface area contributed by atoms with Crippen molar-refractivity contribution in [1.82, 2.24) is 0 Å². The van der Waals surface area contributed by atoms with Gasteiger partial charge in [0.15, 0.2) is 11.6 Å². The zero-order valence-electron chi connectivity index (χ0n) is 19.5. The lowest BCUT2D eigenvalue weighted by Crippen LogP contribution is -2.25. The molecule has 0 N–H and O–H groups in total. The predicted octanol–water partition coefficient (Wildman–Crippen LogP) is 8.97. The maximum absolute atomic E-state index is 14.8. The molecule has 1 aromatic carbocycles. The standard InChI is InChI=1S/C28H42F2O/c1-3-5-7-8-20-31-26-19-18-25(27(29)28(26)30)24-16-14-23(15-17-24)22-12-10-21(11-13-22)9-6-4-2/h4,18-19,21-24H,2-3,5-17,20H2,1H3. The Morgan fingerprint density at radius 3 is 2.23 bits per heavy atom. The van der Waals surface area contributed by atoms with Crippen molar-refractivity contribution in [3.05, 3.63) is 42.0 Å². The van der Waals surface area contributed by atoms with Crippen LogP contribution in [-0.2, 0) is 0 Å². The Morgan fingerprint density at radius 2 is 1.58 bits per heavy atom. The maximum Gasteiger partial charge on any atom is 0.200 e. The Kier molecular flexibility index (Phi) is 9.87. The normalized spacial score (nSPS) is 26.5. The molecule has 0 amide bonds. The molecule has 3 rings (SSSR count). The molecule has 31 heavy (non-hydrogen) atoms. The van der Waals surface area contributed by atoms with Crippen molar-refractivity contribution in [2.45, 2.75) is 103 Å². The summed E-state index contributed by atoms with van der Waals surface area (Å²) < 4.78 is 34.9. The van der Waals surface area contributed by atoms with E-state index in [9.17, 15) is 8.78 Å². The van der Waals surface area contributed by atoms with Gasteiger partial charge in [-0.05, 0) is 93.1 Å². The van der Waals surface area contributed by atoms with Crippen molar-refractivity contribution in [2.24, 2.45) is 17.8 Å². The number of ether oxygens (including phenoxy) is 1. The summed E-state index contributed by atoms with van der Waals surface area (Å²) in [6.45, 7) is 6.45. The first-order valence-electron chi connectivity index (χ1n) is 12.9. The molecule has 0 aliphatic heterocycles. The van der Waals surface area contributed by atoms with Gasteiger partial charge in [-0.3, -0.25) is 0 Å². The fourth-order valence-corrected chi connectivity index (χ4v) is 5.89. The van der Waals surface area contributed by atoms with Crippen molar-refractivity contribution in [3.63, 3.8) is 0 Å². The number of unbranched alkanes of at least 4 members (excludes halogenated alkanes) is 3. The third-order valence-electron chi connectivity index (χ3n) is 7.88. The highest BCUT2D eigenvalue weighted by Gasteiger charge is 2.32. The third kappa shape index (κ3) is 6.80. The van der Waals surface area contributed by atoms with E-state index in [1.807, 2.05) is 6.08 Å². The molecule has 0 aromatic heterocycles. The summed E-state index contributed by atoms with van der Waals surface area (Å²) in [6.07, 6.45) is 18.4. The van der Waals surface area contributed by atoms with Crippen LogP contribution in [0, 0.1) is 29.4 Å². The summed E-state index contributed by atoms with van der Waals surface area (Å²) in [4.78, 5) is 0. The molecule has 2 aliphatic carbocycles. The van der Waals surface area contributed by atoms with Gasteiger partial charge in [0.25, 0.3) is 0 Å². The first kappa shape index (κ1) is 24.3. The van der Waals surface area contributed by atoms with E-state index in [0.717, 1.165) is 75.5 Å². The number of hydrogen-bond acceptors (Lipinski definition) is 1. The van der Waals surface area contributed by atoms with Gasteiger partial charge >= 0.3 is 0 Å². The van der Waals surface area contributed by atoms with Crippen LogP contribution in [0.3, 0.4) is 0 Å². The van der Waals surface area contributed by atoms with Gasteiger partial charge < -0.3 is 4.74 Å². The fraction of sp³-hybridized carbons (Fsp3) is 0.714. The molecule has 3 heteroatoms. The first-order chi connectivity index (χ1) is 15.1. The Morgan fingerprint density at radius 1 is 0.903 bits per heavy atom. The van der Waals surface area contributed by atoms with Crippen LogP contribution >= 0.6 is 0 Å². The summed E-state index contributed by atoms with van der Waals surface area (Å²) in [5.74, 6) is 1.23. The van der Waals surface area contributed by atoms with E-state index in [0.29, 0.717) is 12.2 Å². The molecule has 2 aliphatic rings. The van der Waals surface area contributed by atoms with Crippen LogP contribution in [0.1, 0.15) is 108 Å². The van der Waals surface area contributed by atoms with E-state index in [4.69, 9.17) is 4.74 Å². The summed E-state index contributed by atoms with van der Waals surface area (Å²) >= 11 is 0. The van der Waals surface area contributed by atoms with Crippen LogP contribution < -0.4 is 4.74 Å². The largest absolute Gasteiger partial charge is 0.490 e. The minimum atomic E-state index is -0.798. The molecule has 174 valence electrons.